The number of nitrogens with one attached hydrogen (secondary N) is 1. The maximum Gasteiger partial charge on any atom is 0.312 e. The van der Waals surface area contributed by atoms with E-state index in [1.165, 1.54) is 107 Å². The van der Waals surface area contributed by atoms with Gasteiger partial charge in [-0.25, -0.2) is 4.39 Å². The van der Waals surface area contributed by atoms with Gasteiger partial charge in [-0.1, -0.05) is 72.8 Å². The fourth-order valence-electron chi connectivity index (χ4n) is 15.4. The Morgan fingerprint density at radius 3 is 2.20 bits per heavy atom. The van der Waals surface area contributed by atoms with Gasteiger partial charge in [0, 0.05) is 5.54 Å². The second-order valence-corrected chi connectivity index (χ2v) is 21.9. The van der Waals surface area contributed by atoms with Crippen LogP contribution >= 0.6 is 0 Å². The Hall–Kier alpha value is -1.42. The Kier molecular flexibility index (Phi) is 9.53. The van der Waals surface area contributed by atoms with E-state index in [9.17, 15) is 14.3 Å². The number of aliphatic carboxylic acids is 1. The summed E-state index contributed by atoms with van der Waals surface area (Å²) < 4.78 is 14.0. The van der Waals surface area contributed by atoms with Crippen LogP contribution in [0.15, 0.2) is 35.5 Å². The highest BCUT2D eigenvalue weighted by molar-refractivity contribution is 5.75. The molecule has 0 spiro atoms. The number of hydrogen-bond donors (Lipinski definition) is 2. The molecule has 0 radical (unpaired) electrons. The molecule has 10 atom stereocenters. The number of halogens is 1. The Morgan fingerprint density at radius 2 is 1.57 bits per heavy atom. The first-order valence-electron chi connectivity index (χ1n) is 21.5. The molecule has 0 aromatic carbocycles. The summed E-state index contributed by atoms with van der Waals surface area (Å²) in [5.41, 5.74) is 4.67. The second-order valence-electron chi connectivity index (χ2n) is 21.9. The average molecular weight is 704 g/mol. The lowest BCUT2D eigenvalue weighted by atomic mass is 9.33. The summed E-state index contributed by atoms with van der Waals surface area (Å²) in [6.45, 7) is 25.5. The van der Waals surface area contributed by atoms with Crippen molar-refractivity contribution >= 4 is 5.97 Å². The highest BCUT2D eigenvalue weighted by atomic mass is 19.1. The van der Waals surface area contributed by atoms with Gasteiger partial charge in [-0.2, -0.15) is 0 Å². The Labute approximate surface area is 311 Å². The fourth-order valence-corrected chi connectivity index (χ4v) is 15.4. The van der Waals surface area contributed by atoms with Gasteiger partial charge >= 0.3 is 5.97 Å². The van der Waals surface area contributed by atoms with E-state index in [-0.39, 0.29) is 16.4 Å². The minimum Gasteiger partial charge on any atom is -0.481 e. The summed E-state index contributed by atoms with van der Waals surface area (Å²) in [4.78, 5) is 12.0. The standard InChI is InChI=1S/C47H74FNO2/c1-31(2)34-16-26-47(49-29-19-32-12-20-41(3,4)21-13-32)28-27-44(8)36(39(34)47)10-11-38-43(7)22-17-35(42(5,6)37(43)18-23-45(38,44)9)33-14-24-46(30-48,25-15-33)40(50)51/h14,17,32,34,36-39,49H,1,10-13,15-16,18-30H2,2-9H3,(H,50,51)/t34-,36+,37-,38+,39+,43-,44+,45+,46-,47-/m0/s1. The van der Waals surface area contributed by atoms with Crippen molar-refractivity contribution in [3.63, 3.8) is 0 Å². The molecule has 0 heterocycles. The molecule has 7 aliphatic rings. The number of fused-ring (bicyclic) bond motifs is 7. The first-order valence-corrected chi connectivity index (χ1v) is 21.5. The second kappa shape index (κ2) is 12.8. The quantitative estimate of drug-likeness (QED) is 0.247. The van der Waals surface area contributed by atoms with Gasteiger partial charge in [0.2, 0.25) is 0 Å². The molecule has 3 nitrogen and oxygen atoms in total. The Morgan fingerprint density at radius 1 is 0.843 bits per heavy atom. The monoisotopic (exact) mass is 704 g/mol. The third-order valence-electron chi connectivity index (χ3n) is 18.8. The van der Waals surface area contributed by atoms with E-state index in [0.29, 0.717) is 59.2 Å². The number of rotatable bonds is 8. The minimum absolute atomic E-state index is 0.0209. The molecule has 0 aromatic rings. The molecular weight excluding hydrogens is 630 g/mol. The van der Waals surface area contributed by atoms with Gasteiger partial charge in [-0.15, -0.1) is 0 Å². The summed E-state index contributed by atoms with van der Waals surface area (Å²) in [5, 5.41) is 14.2. The number of allylic oxidation sites excluding steroid dienone is 5. The molecule has 7 aliphatic carbocycles. The molecule has 2 N–H and O–H groups in total. The molecule has 0 aromatic heterocycles. The predicted octanol–water partition coefficient (Wildman–Crippen LogP) is 12.3. The van der Waals surface area contributed by atoms with Crippen molar-refractivity contribution in [3.8, 4) is 0 Å². The first kappa shape index (κ1) is 37.9. The topological polar surface area (TPSA) is 49.3 Å². The van der Waals surface area contributed by atoms with Gasteiger partial charge in [0.25, 0.3) is 0 Å². The van der Waals surface area contributed by atoms with Crippen LogP contribution in [0.1, 0.15) is 165 Å². The molecule has 0 bridgehead atoms. The van der Waals surface area contributed by atoms with E-state index in [0.717, 1.165) is 18.3 Å². The van der Waals surface area contributed by atoms with Crippen molar-refractivity contribution in [2.24, 2.45) is 68.0 Å². The molecule has 0 unspecified atom stereocenters. The zero-order valence-corrected chi connectivity index (χ0v) is 34.0. The molecule has 51 heavy (non-hydrogen) atoms. The Bertz CT molecular complexity index is 1450. The average Bonchev–Trinajstić information content (AvgIpc) is 3.46. The summed E-state index contributed by atoms with van der Waals surface area (Å²) in [6.07, 6.45) is 24.7. The molecule has 5 fully saturated rings. The normalized spacial score (nSPS) is 46.1. The van der Waals surface area contributed by atoms with Gasteiger partial charge in [-0.3, -0.25) is 4.79 Å². The van der Waals surface area contributed by atoms with E-state index < -0.39 is 18.1 Å². The zero-order chi connectivity index (χ0) is 36.8. The van der Waals surface area contributed by atoms with Gasteiger partial charge < -0.3 is 10.4 Å². The van der Waals surface area contributed by atoms with Crippen LogP contribution in [-0.4, -0.2) is 29.8 Å². The summed E-state index contributed by atoms with van der Waals surface area (Å²) in [7, 11) is 0. The van der Waals surface area contributed by atoms with Crippen LogP contribution in [-0.2, 0) is 4.79 Å². The largest absolute Gasteiger partial charge is 0.481 e. The Balaban J connectivity index is 1.13. The smallest absolute Gasteiger partial charge is 0.312 e. The number of hydrogen-bond acceptors (Lipinski definition) is 2. The van der Waals surface area contributed by atoms with Crippen molar-refractivity contribution in [2.45, 2.75) is 170 Å². The lowest BCUT2D eigenvalue weighted by Crippen LogP contribution is -2.68. The zero-order valence-electron chi connectivity index (χ0n) is 34.0. The fraction of sp³-hybridized carbons (Fsp3) is 0.851. The maximum absolute atomic E-state index is 14.0. The summed E-state index contributed by atoms with van der Waals surface area (Å²) in [6, 6.07) is 0. The minimum atomic E-state index is -1.24. The van der Waals surface area contributed by atoms with Crippen molar-refractivity contribution < 1.29 is 14.3 Å². The number of carboxylic acid groups (broad SMARTS) is 1. The van der Waals surface area contributed by atoms with Crippen LogP contribution in [0.2, 0.25) is 0 Å². The highest BCUT2D eigenvalue weighted by Crippen LogP contribution is 2.76. The molecule has 5 saturated carbocycles. The van der Waals surface area contributed by atoms with Crippen molar-refractivity contribution in [2.75, 3.05) is 13.2 Å². The maximum atomic E-state index is 14.0. The van der Waals surface area contributed by atoms with Crippen molar-refractivity contribution in [1.82, 2.24) is 5.32 Å². The molecule has 0 amide bonds. The SMILES string of the molecule is C=C(C)[C@@H]1CC[C@]2(NCCC3CCC(C)(C)CC3)CC[C@]3(C)[C@H](CC[C@@H]4[C@@]5(C)CC=C(C6=CC[C@](CF)(C(=O)O)CC6)C(C)(C)[C@@H]5CC[C@]43C)[C@@H]12. The molecule has 286 valence electrons. The lowest BCUT2D eigenvalue weighted by Gasteiger charge is -2.72. The predicted molar refractivity (Wildman–Crippen MR) is 209 cm³/mol. The van der Waals surface area contributed by atoms with E-state index in [1.54, 1.807) is 0 Å². The van der Waals surface area contributed by atoms with Crippen molar-refractivity contribution in [1.29, 1.82) is 0 Å². The van der Waals surface area contributed by atoms with E-state index >= 15 is 0 Å². The van der Waals surface area contributed by atoms with Crippen LogP contribution in [0, 0.1) is 68.0 Å². The van der Waals surface area contributed by atoms with Crippen LogP contribution in [0.5, 0.6) is 0 Å². The number of carboxylic acids is 1. The molecule has 0 aliphatic heterocycles. The molecular formula is C47H74FNO2. The summed E-state index contributed by atoms with van der Waals surface area (Å²) in [5.74, 6) is 3.32. The van der Waals surface area contributed by atoms with Gasteiger partial charge in [0.1, 0.15) is 6.67 Å². The molecule has 4 heteroatoms. The van der Waals surface area contributed by atoms with Gasteiger partial charge in [0.05, 0.1) is 5.41 Å². The van der Waals surface area contributed by atoms with Gasteiger partial charge in [-0.05, 0) is 196 Å². The van der Waals surface area contributed by atoms with Crippen LogP contribution in [0.25, 0.3) is 0 Å². The molecule has 7 rings (SSSR count). The van der Waals surface area contributed by atoms with E-state index in [2.05, 4.69) is 79.4 Å². The van der Waals surface area contributed by atoms with Crippen molar-refractivity contribution in [3.05, 3.63) is 35.5 Å². The third-order valence-corrected chi connectivity index (χ3v) is 18.8. The lowest BCUT2D eigenvalue weighted by molar-refractivity contribution is -0.221. The highest BCUT2D eigenvalue weighted by Gasteiger charge is 2.70. The van der Waals surface area contributed by atoms with Gasteiger partial charge in [0.15, 0.2) is 0 Å². The summed E-state index contributed by atoms with van der Waals surface area (Å²) >= 11 is 0. The number of carbonyl (C=O) groups is 1. The number of alkyl halides is 1. The first-order chi connectivity index (χ1) is 23.9. The van der Waals surface area contributed by atoms with E-state index in [1.807, 2.05) is 0 Å². The van der Waals surface area contributed by atoms with Crippen LogP contribution in [0.4, 0.5) is 4.39 Å². The van der Waals surface area contributed by atoms with E-state index in [4.69, 9.17) is 0 Å². The van der Waals surface area contributed by atoms with Crippen LogP contribution in [0.3, 0.4) is 0 Å². The van der Waals surface area contributed by atoms with Crippen LogP contribution < -0.4 is 5.32 Å². The molecule has 0 saturated heterocycles. The third kappa shape index (κ3) is 5.73.